The van der Waals surface area contributed by atoms with Gasteiger partial charge in [0.25, 0.3) is 0 Å². The lowest BCUT2D eigenvalue weighted by Crippen LogP contribution is -2.46. The number of urea groups is 1. The number of likely N-dealkylation sites (N-methyl/N-ethyl adjacent to an activating group) is 1. The van der Waals surface area contributed by atoms with Crippen molar-refractivity contribution in [3.05, 3.63) is 42.0 Å². The van der Waals surface area contributed by atoms with Crippen LogP contribution < -0.4 is 10.1 Å². The monoisotopic (exact) mass is 341 g/mol. The van der Waals surface area contributed by atoms with Crippen molar-refractivity contribution in [3.8, 4) is 5.75 Å². The van der Waals surface area contributed by atoms with E-state index in [-0.39, 0.29) is 18.0 Å². The Morgan fingerprint density at radius 2 is 2.00 bits per heavy atom. The van der Waals surface area contributed by atoms with Gasteiger partial charge in [0, 0.05) is 19.6 Å². The van der Waals surface area contributed by atoms with E-state index in [9.17, 15) is 9.59 Å². The number of benzene rings is 2. The second kappa shape index (κ2) is 7.11. The highest BCUT2D eigenvalue weighted by atomic mass is 16.5. The number of carbonyl (C=O) groups excluding carboxylic acids is 2. The highest BCUT2D eigenvalue weighted by Crippen LogP contribution is 2.22. The first kappa shape index (κ1) is 17.2. The molecule has 0 aliphatic carbocycles. The van der Waals surface area contributed by atoms with E-state index in [0.717, 1.165) is 22.1 Å². The minimum atomic E-state index is -0.365. The van der Waals surface area contributed by atoms with E-state index in [0.29, 0.717) is 19.6 Å². The Balaban J connectivity index is 1.71. The molecule has 0 spiro atoms. The fourth-order valence-corrected chi connectivity index (χ4v) is 3.02. The largest absolute Gasteiger partial charge is 0.497 e. The van der Waals surface area contributed by atoms with Gasteiger partial charge in [0.2, 0.25) is 5.91 Å². The second-order valence-corrected chi connectivity index (χ2v) is 6.36. The molecule has 6 heteroatoms. The summed E-state index contributed by atoms with van der Waals surface area (Å²) in [7, 11) is 3.55. The Hall–Kier alpha value is -2.60. The van der Waals surface area contributed by atoms with Crippen molar-refractivity contribution in [2.45, 2.75) is 19.5 Å². The standard InChI is InChI=1S/C19H23N3O3/c1-13(18(23)22-9-8-20-19(22)24)21(2)12-14-4-5-16-11-17(25-3)7-6-15(16)10-14/h4-7,10-11,13H,8-9,12H2,1-3H3,(H,20,24)/t13-/m1/s1. The predicted molar refractivity (Wildman–Crippen MR) is 96.5 cm³/mol. The summed E-state index contributed by atoms with van der Waals surface area (Å²) in [5, 5.41) is 4.90. The molecular weight excluding hydrogens is 318 g/mol. The van der Waals surface area contributed by atoms with E-state index in [4.69, 9.17) is 4.74 Å². The van der Waals surface area contributed by atoms with Crippen LogP contribution in [0.15, 0.2) is 36.4 Å². The number of nitrogens with one attached hydrogen (secondary N) is 1. The van der Waals surface area contributed by atoms with Crippen molar-refractivity contribution in [3.63, 3.8) is 0 Å². The molecule has 1 atom stereocenters. The van der Waals surface area contributed by atoms with Crippen molar-refractivity contribution >= 4 is 22.7 Å². The van der Waals surface area contributed by atoms with Crippen LogP contribution in [0.5, 0.6) is 5.75 Å². The van der Waals surface area contributed by atoms with Gasteiger partial charge in [0.05, 0.1) is 13.2 Å². The molecule has 25 heavy (non-hydrogen) atoms. The van der Waals surface area contributed by atoms with Gasteiger partial charge in [0.15, 0.2) is 0 Å². The van der Waals surface area contributed by atoms with Gasteiger partial charge in [-0.25, -0.2) is 4.79 Å². The van der Waals surface area contributed by atoms with Crippen LogP contribution in [0.2, 0.25) is 0 Å². The third-order valence-corrected chi connectivity index (χ3v) is 4.69. The first-order valence-corrected chi connectivity index (χ1v) is 8.35. The molecule has 1 fully saturated rings. The van der Waals surface area contributed by atoms with Gasteiger partial charge in [0.1, 0.15) is 5.75 Å². The first-order chi connectivity index (χ1) is 12.0. The maximum atomic E-state index is 12.5. The van der Waals surface area contributed by atoms with E-state index in [1.807, 2.05) is 37.1 Å². The average Bonchev–Trinajstić information content (AvgIpc) is 3.05. The molecule has 0 radical (unpaired) electrons. The Labute approximate surface area is 147 Å². The zero-order valence-corrected chi connectivity index (χ0v) is 14.8. The van der Waals surface area contributed by atoms with E-state index < -0.39 is 0 Å². The zero-order valence-electron chi connectivity index (χ0n) is 14.8. The van der Waals surface area contributed by atoms with Gasteiger partial charge in [-0.2, -0.15) is 0 Å². The van der Waals surface area contributed by atoms with Crippen molar-refractivity contribution < 1.29 is 14.3 Å². The quantitative estimate of drug-likeness (QED) is 0.906. The van der Waals surface area contributed by atoms with Crippen molar-refractivity contribution in [1.82, 2.24) is 15.1 Å². The molecule has 3 rings (SSSR count). The maximum Gasteiger partial charge on any atom is 0.324 e. The van der Waals surface area contributed by atoms with Gasteiger partial charge in [-0.1, -0.05) is 18.2 Å². The number of amides is 3. The van der Waals surface area contributed by atoms with Crippen LogP contribution in [0.25, 0.3) is 10.8 Å². The topological polar surface area (TPSA) is 61.9 Å². The summed E-state index contributed by atoms with van der Waals surface area (Å²) < 4.78 is 5.25. The van der Waals surface area contributed by atoms with Gasteiger partial charge in [-0.05, 0) is 48.5 Å². The van der Waals surface area contributed by atoms with E-state index >= 15 is 0 Å². The van der Waals surface area contributed by atoms with Crippen LogP contribution in [-0.4, -0.2) is 55.0 Å². The molecule has 1 aliphatic rings. The summed E-state index contributed by atoms with van der Waals surface area (Å²) in [6.45, 7) is 3.42. The van der Waals surface area contributed by atoms with E-state index in [2.05, 4.69) is 23.5 Å². The van der Waals surface area contributed by atoms with Gasteiger partial charge in [-0.15, -0.1) is 0 Å². The number of methoxy groups -OCH3 is 1. The molecule has 1 N–H and O–H groups in total. The Morgan fingerprint density at radius 3 is 2.68 bits per heavy atom. The minimum absolute atomic E-state index is 0.164. The first-order valence-electron chi connectivity index (χ1n) is 8.35. The highest BCUT2D eigenvalue weighted by molar-refractivity contribution is 5.98. The molecular formula is C19H23N3O3. The number of nitrogens with zero attached hydrogens (tertiary/aromatic N) is 2. The molecule has 0 unspecified atom stereocenters. The highest BCUT2D eigenvalue weighted by Gasteiger charge is 2.31. The molecule has 3 amide bonds. The predicted octanol–water partition coefficient (Wildman–Crippen LogP) is 2.22. The number of ether oxygens (including phenoxy) is 1. The molecule has 1 heterocycles. The van der Waals surface area contributed by atoms with Crippen molar-refractivity contribution in [2.24, 2.45) is 0 Å². The fraction of sp³-hybridized carbons (Fsp3) is 0.368. The lowest BCUT2D eigenvalue weighted by atomic mass is 10.1. The summed E-state index contributed by atoms with van der Waals surface area (Å²) in [5.41, 5.74) is 1.12. The number of fused-ring (bicyclic) bond motifs is 1. The lowest BCUT2D eigenvalue weighted by Gasteiger charge is -2.26. The Morgan fingerprint density at radius 1 is 1.28 bits per heavy atom. The summed E-state index contributed by atoms with van der Waals surface area (Å²) >= 11 is 0. The maximum absolute atomic E-state index is 12.5. The number of imide groups is 1. The Bertz CT molecular complexity index is 806. The molecule has 0 aromatic heterocycles. The number of rotatable bonds is 5. The smallest absolute Gasteiger partial charge is 0.324 e. The van der Waals surface area contributed by atoms with Crippen LogP contribution in [0.4, 0.5) is 4.79 Å². The lowest BCUT2D eigenvalue weighted by molar-refractivity contribution is -0.132. The van der Waals surface area contributed by atoms with Crippen LogP contribution >= 0.6 is 0 Å². The molecule has 132 valence electrons. The molecule has 6 nitrogen and oxygen atoms in total. The number of hydrogen-bond acceptors (Lipinski definition) is 4. The SMILES string of the molecule is COc1ccc2cc(CN(C)[C@H](C)C(=O)N3CCNC3=O)ccc2c1. The third-order valence-electron chi connectivity index (χ3n) is 4.69. The average molecular weight is 341 g/mol. The van der Waals surface area contributed by atoms with Crippen LogP contribution in [0, 0.1) is 0 Å². The normalized spacial score (nSPS) is 15.5. The van der Waals surface area contributed by atoms with Gasteiger partial charge >= 0.3 is 6.03 Å². The summed E-state index contributed by atoms with van der Waals surface area (Å²) in [6.07, 6.45) is 0. The number of hydrogen-bond donors (Lipinski definition) is 1. The molecule has 0 saturated carbocycles. The van der Waals surface area contributed by atoms with E-state index in [1.165, 1.54) is 4.90 Å². The van der Waals surface area contributed by atoms with Crippen LogP contribution in [-0.2, 0) is 11.3 Å². The van der Waals surface area contributed by atoms with Crippen molar-refractivity contribution in [2.75, 3.05) is 27.2 Å². The van der Waals surface area contributed by atoms with Gasteiger partial charge in [-0.3, -0.25) is 14.6 Å². The van der Waals surface area contributed by atoms with Crippen LogP contribution in [0.1, 0.15) is 12.5 Å². The minimum Gasteiger partial charge on any atom is -0.497 e. The fourth-order valence-electron chi connectivity index (χ4n) is 3.02. The summed E-state index contributed by atoms with van der Waals surface area (Å²) in [6, 6.07) is 11.5. The molecule has 2 aromatic carbocycles. The second-order valence-electron chi connectivity index (χ2n) is 6.36. The zero-order chi connectivity index (χ0) is 18.0. The van der Waals surface area contributed by atoms with Gasteiger partial charge < -0.3 is 10.1 Å². The Kier molecular flexibility index (Phi) is 4.90. The molecule has 1 aliphatic heterocycles. The molecule has 1 saturated heterocycles. The van der Waals surface area contributed by atoms with E-state index in [1.54, 1.807) is 7.11 Å². The third kappa shape index (κ3) is 3.58. The summed E-state index contributed by atoms with van der Waals surface area (Å²) in [5.74, 6) is 0.670. The molecule has 2 aromatic rings. The van der Waals surface area contributed by atoms with Crippen LogP contribution in [0.3, 0.4) is 0 Å². The molecule has 0 bridgehead atoms. The number of carbonyl (C=O) groups is 2. The van der Waals surface area contributed by atoms with Crippen molar-refractivity contribution in [1.29, 1.82) is 0 Å². The summed E-state index contributed by atoms with van der Waals surface area (Å²) in [4.78, 5) is 27.4.